The molecule has 0 spiro atoms. The van der Waals surface area contributed by atoms with Crippen LogP contribution in [0, 0.1) is 25.2 Å². The fourth-order valence-electron chi connectivity index (χ4n) is 2.49. The maximum atomic E-state index is 12.3. The Balaban J connectivity index is 1.94. The lowest BCUT2D eigenvalue weighted by Gasteiger charge is -2.05. The van der Waals surface area contributed by atoms with Crippen LogP contribution in [-0.2, 0) is 0 Å². The summed E-state index contributed by atoms with van der Waals surface area (Å²) in [5, 5.41) is 13.9. The number of nitriles is 1. The first-order chi connectivity index (χ1) is 12.0. The van der Waals surface area contributed by atoms with Crippen molar-refractivity contribution in [2.75, 3.05) is 0 Å². The third kappa shape index (κ3) is 3.39. The second-order valence-corrected chi connectivity index (χ2v) is 5.97. The Bertz CT molecular complexity index is 1070. The fourth-order valence-corrected chi connectivity index (χ4v) is 2.68. The van der Waals surface area contributed by atoms with E-state index in [-0.39, 0.29) is 5.56 Å². The minimum absolute atomic E-state index is 0.0850. The van der Waals surface area contributed by atoms with E-state index in [4.69, 9.17) is 21.3 Å². The molecule has 25 heavy (non-hydrogen) atoms. The molecule has 0 aliphatic heterocycles. The molecule has 0 atom stereocenters. The lowest BCUT2D eigenvalue weighted by atomic mass is 10.1. The van der Waals surface area contributed by atoms with Gasteiger partial charge in [0, 0.05) is 16.3 Å². The summed E-state index contributed by atoms with van der Waals surface area (Å²) in [6.45, 7) is 3.48. The molecule has 3 rings (SSSR count). The van der Waals surface area contributed by atoms with Crippen molar-refractivity contribution in [2.24, 2.45) is 5.10 Å². The fraction of sp³-hybridized carbons (Fsp3) is 0.105. The quantitative estimate of drug-likeness (QED) is 0.666. The summed E-state index contributed by atoms with van der Waals surface area (Å²) in [6.07, 6.45) is 1.44. The largest absolute Gasteiger partial charge is 0.455 e. The number of nitrogens with zero attached hydrogens (tertiary/aromatic N) is 3. The molecule has 0 saturated heterocycles. The van der Waals surface area contributed by atoms with E-state index in [9.17, 15) is 4.79 Å². The minimum atomic E-state index is -0.446. The van der Waals surface area contributed by atoms with Crippen molar-refractivity contribution in [3.63, 3.8) is 0 Å². The van der Waals surface area contributed by atoms with Gasteiger partial charge in [0.1, 0.15) is 23.2 Å². The molecule has 0 bridgehead atoms. The van der Waals surface area contributed by atoms with E-state index >= 15 is 0 Å². The van der Waals surface area contributed by atoms with Gasteiger partial charge in [0.25, 0.3) is 5.56 Å². The van der Waals surface area contributed by atoms with Crippen LogP contribution in [0.15, 0.2) is 56.8 Å². The number of hydrogen-bond donors (Lipinski definition) is 0. The maximum Gasteiger partial charge on any atom is 0.289 e. The predicted octanol–water partition coefficient (Wildman–Crippen LogP) is 4.13. The Kier molecular flexibility index (Phi) is 4.55. The Morgan fingerprint density at radius 2 is 2.04 bits per heavy atom. The molecule has 5 nitrogen and oxygen atoms in total. The first kappa shape index (κ1) is 16.7. The van der Waals surface area contributed by atoms with Crippen molar-refractivity contribution in [3.05, 3.63) is 80.4 Å². The summed E-state index contributed by atoms with van der Waals surface area (Å²) in [4.78, 5) is 12.3. The van der Waals surface area contributed by atoms with Crippen molar-refractivity contribution < 1.29 is 4.42 Å². The molecule has 1 aromatic carbocycles. The van der Waals surface area contributed by atoms with Crippen LogP contribution in [0.3, 0.4) is 0 Å². The molecule has 0 aliphatic carbocycles. The third-order valence-electron chi connectivity index (χ3n) is 3.71. The van der Waals surface area contributed by atoms with Gasteiger partial charge in [0.15, 0.2) is 0 Å². The summed E-state index contributed by atoms with van der Waals surface area (Å²) in [5.41, 5.74) is 1.76. The van der Waals surface area contributed by atoms with Gasteiger partial charge in [0.05, 0.1) is 6.21 Å². The molecule has 2 aromatic heterocycles. The van der Waals surface area contributed by atoms with E-state index in [0.29, 0.717) is 27.8 Å². The molecule has 0 saturated carbocycles. The van der Waals surface area contributed by atoms with Crippen molar-refractivity contribution in [1.82, 2.24) is 4.68 Å². The summed E-state index contributed by atoms with van der Waals surface area (Å²) < 4.78 is 6.91. The van der Waals surface area contributed by atoms with E-state index in [2.05, 4.69) is 5.10 Å². The maximum absolute atomic E-state index is 12.3. The van der Waals surface area contributed by atoms with E-state index < -0.39 is 5.56 Å². The average Bonchev–Trinajstić information content (AvgIpc) is 3.04. The highest BCUT2D eigenvalue weighted by Crippen LogP contribution is 2.24. The number of benzene rings is 1. The third-order valence-corrected chi connectivity index (χ3v) is 3.94. The van der Waals surface area contributed by atoms with Gasteiger partial charge in [-0.3, -0.25) is 4.79 Å². The van der Waals surface area contributed by atoms with Gasteiger partial charge in [-0.1, -0.05) is 23.7 Å². The second-order valence-electron chi connectivity index (χ2n) is 5.53. The summed E-state index contributed by atoms with van der Waals surface area (Å²) in [7, 11) is 0. The van der Waals surface area contributed by atoms with E-state index in [1.165, 1.54) is 10.9 Å². The first-order valence-corrected chi connectivity index (χ1v) is 7.91. The number of furan rings is 1. The molecule has 0 unspecified atom stereocenters. The van der Waals surface area contributed by atoms with Gasteiger partial charge in [-0.25, -0.2) is 4.68 Å². The molecule has 2 heterocycles. The summed E-state index contributed by atoms with van der Waals surface area (Å²) >= 11 is 5.99. The van der Waals surface area contributed by atoms with Crippen LogP contribution < -0.4 is 5.56 Å². The topological polar surface area (TPSA) is 71.3 Å². The zero-order valence-corrected chi connectivity index (χ0v) is 14.4. The molecule has 0 radical (unpaired) electrons. The number of rotatable bonds is 3. The van der Waals surface area contributed by atoms with Crippen LogP contribution >= 0.6 is 11.6 Å². The Hall–Kier alpha value is -3.10. The van der Waals surface area contributed by atoms with Gasteiger partial charge in [-0.2, -0.15) is 10.4 Å². The van der Waals surface area contributed by atoms with Crippen molar-refractivity contribution in [2.45, 2.75) is 13.8 Å². The van der Waals surface area contributed by atoms with Crippen molar-refractivity contribution >= 4 is 17.8 Å². The molecule has 124 valence electrons. The molecule has 6 heteroatoms. The van der Waals surface area contributed by atoms with Gasteiger partial charge >= 0.3 is 0 Å². The molecule has 3 aromatic rings. The van der Waals surface area contributed by atoms with Crippen LogP contribution in [-0.4, -0.2) is 10.9 Å². The molecule has 0 amide bonds. The number of aromatic nitrogens is 1. The van der Waals surface area contributed by atoms with E-state index in [0.717, 1.165) is 5.56 Å². The highest BCUT2D eigenvalue weighted by Gasteiger charge is 2.09. The standard InChI is InChI=1S/C19H14ClN3O2/c1-12-8-13(2)23(19(24)17(12)10-21)22-11-16-6-7-18(25-16)14-4-3-5-15(20)9-14/h3-9,11H,1-2H3/b22-11+. The van der Waals surface area contributed by atoms with Crippen LogP contribution in [0.4, 0.5) is 0 Å². The molecule has 0 N–H and O–H groups in total. The number of halogens is 1. The highest BCUT2D eigenvalue weighted by molar-refractivity contribution is 6.30. The van der Waals surface area contributed by atoms with Gasteiger partial charge in [-0.05, 0) is 49.7 Å². The zero-order valence-electron chi connectivity index (χ0n) is 13.7. The number of aryl methyl sites for hydroxylation is 2. The average molecular weight is 352 g/mol. The summed E-state index contributed by atoms with van der Waals surface area (Å²) in [5.74, 6) is 1.13. The minimum Gasteiger partial charge on any atom is -0.455 e. The van der Waals surface area contributed by atoms with Crippen molar-refractivity contribution in [3.8, 4) is 17.4 Å². The van der Waals surface area contributed by atoms with Crippen LogP contribution in [0.2, 0.25) is 5.02 Å². The van der Waals surface area contributed by atoms with E-state index in [1.807, 2.05) is 18.2 Å². The van der Waals surface area contributed by atoms with Crippen LogP contribution in [0.25, 0.3) is 11.3 Å². The SMILES string of the molecule is Cc1cc(C)n(/N=C/c2ccc(-c3cccc(Cl)c3)o2)c(=O)c1C#N. The molecule has 0 fully saturated rings. The molecular formula is C19H14ClN3O2. The lowest BCUT2D eigenvalue weighted by molar-refractivity contribution is 0.574. The summed E-state index contributed by atoms with van der Waals surface area (Å²) in [6, 6.07) is 14.5. The van der Waals surface area contributed by atoms with Gasteiger partial charge in [0.2, 0.25) is 0 Å². The molecular weight excluding hydrogens is 338 g/mol. The zero-order chi connectivity index (χ0) is 18.0. The highest BCUT2D eigenvalue weighted by atomic mass is 35.5. The second kappa shape index (κ2) is 6.80. The smallest absolute Gasteiger partial charge is 0.289 e. The monoisotopic (exact) mass is 351 g/mol. The van der Waals surface area contributed by atoms with Gasteiger partial charge in [-0.15, -0.1) is 0 Å². The van der Waals surface area contributed by atoms with Gasteiger partial charge < -0.3 is 4.42 Å². The normalized spacial score (nSPS) is 11.0. The Morgan fingerprint density at radius 1 is 1.24 bits per heavy atom. The lowest BCUT2D eigenvalue weighted by Crippen LogP contribution is -2.22. The Morgan fingerprint density at radius 3 is 2.76 bits per heavy atom. The van der Waals surface area contributed by atoms with Crippen molar-refractivity contribution in [1.29, 1.82) is 5.26 Å². The molecule has 0 aliphatic rings. The predicted molar refractivity (Wildman–Crippen MR) is 97.0 cm³/mol. The number of pyridine rings is 1. The van der Waals surface area contributed by atoms with Crippen LogP contribution in [0.5, 0.6) is 0 Å². The van der Waals surface area contributed by atoms with Crippen LogP contribution in [0.1, 0.15) is 22.6 Å². The number of hydrogen-bond acceptors (Lipinski definition) is 4. The Labute approximate surface area is 149 Å². The van der Waals surface area contributed by atoms with E-state index in [1.54, 1.807) is 44.2 Å². The first-order valence-electron chi connectivity index (χ1n) is 7.53.